The summed E-state index contributed by atoms with van der Waals surface area (Å²) >= 11 is 0. The smallest absolute Gasteiger partial charge is 0.228 e. The first-order valence-electron chi connectivity index (χ1n) is 7.27. The predicted molar refractivity (Wildman–Crippen MR) is 80.8 cm³/mol. The van der Waals surface area contributed by atoms with Crippen LogP contribution in [0, 0.1) is 6.92 Å². The molecule has 1 aliphatic heterocycles. The van der Waals surface area contributed by atoms with Crippen LogP contribution in [-0.4, -0.2) is 53.7 Å². The van der Waals surface area contributed by atoms with Crippen LogP contribution < -0.4 is 4.90 Å². The first kappa shape index (κ1) is 16.6. The summed E-state index contributed by atoms with van der Waals surface area (Å²) in [5.74, 6) is 0.126. The molecule has 5 heteroatoms. The Labute approximate surface area is 121 Å². The van der Waals surface area contributed by atoms with Crippen molar-refractivity contribution in [2.24, 2.45) is 0 Å². The summed E-state index contributed by atoms with van der Waals surface area (Å²) < 4.78 is 0. The Kier molecular flexibility index (Phi) is 7.18. The zero-order valence-corrected chi connectivity index (χ0v) is 12.7. The molecule has 20 heavy (non-hydrogen) atoms. The fourth-order valence-corrected chi connectivity index (χ4v) is 2.12. The molecule has 1 N–H and O–H groups in total. The summed E-state index contributed by atoms with van der Waals surface area (Å²) in [6, 6.07) is 3.85. The fraction of sp³-hybridized carbons (Fsp3) is 0.600. The Morgan fingerprint density at radius 1 is 1.25 bits per heavy atom. The van der Waals surface area contributed by atoms with E-state index >= 15 is 0 Å². The van der Waals surface area contributed by atoms with Gasteiger partial charge in [0, 0.05) is 38.3 Å². The van der Waals surface area contributed by atoms with Crippen LogP contribution in [0.1, 0.15) is 26.0 Å². The number of nitrogens with zero attached hydrogens (tertiary/aromatic N) is 3. The Hall–Kier alpha value is -1.46. The number of amides is 1. The molecule has 1 aromatic rings. The Morgan fingerprint density at radius 2 is 2.00 bits per heavy atom. The van der Waals surface area contributed by atoms with Crippen molar-refractivity contribution >= 4 is 11.6 Å². The third kappa shape index (κ3) is 4.58. The molecule has 2 heterocycles. The molecular weight excluding hydrogens is 254 g/mol. The first-order chi connectivity index (χ1) is 9.70. The molecule has 0 unspecified atom stereocenters. The number of aryl methyl sites for hydroxylation is 1. The molecule has 0 bridgehead atoms. The molecule has 0 atom stereocenters. The van der Waals surface area contributed by atoms with Gasteiger partial charge in [-0.2, -0.15) is 0 Å². The molecule has 1 fully saturated rings. The van der Waals surface area contributed by atoms with E-state index in [1.165, 1.54) is 0 Å². The summed E-state index contributed by atoms with van der Waals surface area (Å²) in [5, 5.41) is 8.94. The highest BCUT2D eigenvalue weighted by Crippen LogP contribution is 2.16. The van der Waals surface area contributed by atoms with Crippen molar-refractivity contribution in [3.63, 3.8) is 0 Å². The van der Waals surface area contributed by atoms with Gasteiger partial charge in [0.1, 0.15) is 0 Å². The van der Waals surface area contributed by atoms with Crippen LogP contribution in [0.5, 0.6) is 0 Å². The van der Waals surface area contributed by atoms with E-state index in [1.807, 2.05) is 32.9 Å². The van der Waals surface area contributed by atoms with E-state index in [0.29, 0.717) is 19.5 Å². The minimum absolute atomic E-state index is 0.126. The molecule has 1 saturated heterocycles. The molecule has 0 saturated carbocycles. The van der Waals surface area contributed by atoms with E-state index in [4.69, 9.17) is 5.11 Å². The lowest BCUT2D eigenvalue weighted by Crippen LogP contribution is -2.34. The number of pyridine rings is 1. The number of hydrogen-bond donors (Lipinski definition) is 1. The predicted octanol–water partition coefficient (Wildman–Crippen LogP) is 1.45. The summed E-state index contributed by atoms with van der Waals surface area (Å²) in [5.41, 5.74) is 1.80. The zero-order valence-electron chi connectivity index (χ0n) is 12.7. The van der Waals surface area contributed by atoms with Crippen molar-refractivity contribution in [3.05, 3.63) is 24.0 Å². The van der Waals surface area contributed by atoms with Crippen LogP contribution in [0.15, 0.2) is 18.3 Å². The zero-order chi connectivity index (χ0) is 15.0. The summed E-state index contributed by atoms with van der Waals surface area (Å²) in [4.78, 5) is 20.2. The Morgan fingerprint density at radius 3 is 2.60 bits per heavy atom. The molecule has 0 spiro atoms. The van der Waals surface area contributed by atoms with Gasteiger partial charge in [-0.1, -0.05) is 13.8 Å². The van der Waals surface area contributed by atoms with Crippen molar-refractivity contribution in [2.75, 3.05) is 37.7 Å². The maximum Gasteiger partial charge on any atom is 0.228 e. The number of anilines is 1. The van der Waals surface area contributed by atoms with E-state index in [1.54, 1.807) is 11.1 Å². The van der Waals surface area contributed by atoms with Gasteiger partial charge in [-0.3, -0.25) is 14.7 Å². The van der Waals surface area contributed by atoms with Gasteiger partial charge in [-0.05, 0) is 19.1 Å². The number of aliphatic hydroxyl groups is 1. The number of aromatic nitrogens is 1. The monoisotopic (exact) mass is 279 g/mol. The van der Waals surface area contributed by atoms with Gasteiger partial charge in [0.2, 0.25) is 5.91 Å². The molecule has 1 amide bonds. The molecule has 0 radical (unpaired) electrons. The number of carbonyl (C=O) groups excluding carboxylic acids is 1. The summed E-state index contributed by atoms with van der Waals surface area (Å²) in [6.07, 6.45) is 2.24. The first-order valence-corrected chi connectivity index (χ1v) is 7.27. The van der Waals surface area contributed by atoms with Crippen molar-refractivity contribution in [1.82, 2.24) is 9.88 Å². The van der Waals surface area contributed by atoms with E-state index in [2.05, 4.69) is 9.88 Å². The van der Waals surface area contributed by atoms with E-state index in [0.717, 1.165) is 24.5 Å². The maximum absolute atomic E-state index is 12.1. The molecule has 0 aromatic carbocycles. The normalized spacial score (nSPS) is 16.4. The highest BCUT2D eigenvalue weighted by atomic mass is 16.3. The standard InChI is InChI=1S/C13H19N3O2.C2H6/c1-11-2-3-12(10-14-11)16-7-6-15(8-9-17)5-4-13(16)18;1-2/h2-3,10,17H,4-9H2,1H3;1-2H3. The average molecular weight is 279 g/mol. The van der Waals surface area contributed by atoms with Gasteiger partial charge in [0.15, 0.2) is 0 Å². The lowest BCUT2D eigenvalue weighted by atomic mass is 10.3. The minimum Gasteiger partial charge on any atom is -0.395 e. The second kappa shape index (κ2) is 8.66. The van der Waals surface area contributed by atoms with Crippen molar-refractivity contribution < 1.29 is 9.90 Å². The third-order valence-electron chi connectivity index (χ3n) is 3.21. The van der Waals surface area contributed by atoms with Crippen molar-refractivity contribution in [3.8, 4) is 0 Å². The quantitative estimate of drug-likeness (QED) is 0.910. The van der Waals surface area contributed by atoms with Gasteiger partial charge in [0.05, 0.1) is 18.5 Å². The lowest BCUT2D eigenvalue weighted by Gasteiger charge is -2.21. The molecule has 1 aliphatic rings. The van der Waals surface area contributed by atoms with Crippen LogP contribution in [0.25, 0.3) is 0 Å². The SMILES string of the molecule is CC.Cc1ccc(N2CCN(CCO)CCC2=O)cn1. The third-order valence-corrected chi connectivity index (χ3v) is 3.21. The number of aliphatic hydroxyl groups excluding tert-OH is 1. The number of rotatable bonds is 3. The maximum atomic E-state index is 12.1. The van der Waals surface area contributed by atoms with Gasteiger partial charge in [-0.15, -0.1) is 0 Å². The average Bonchev–Trinajstić information content (AvgIpc) is 2.65. The Balaban J connectivity index is 0.000000956. The largest absolute Gasteiger partial charge is 0.395 e. The molecule has 112 valence electrons. The van der Waals surface area contributed by atoms with Crippen LogP contribution in [0.3, 0.4) is 0 Å². The van der Waals surface area contributed by atoms with E-state index in [9.17, 15) is 4.79 Å². The lowest BCUT2D eigenvalue weighted by molar-refractivity contribution is -0.118. The van der Waals surface area contributed by atoms with Gasteiger partial charge >= 0.3 is 0 Å². The van der Waals surface area contributed by atoms with Gasteiger partial charge in [0.25, 0.3) is 0 Å². The second-order valence-corrected chi connectivity index (χ2v) is 4.52. The number of carbonyl (C=O) groups is 1. The highest BCUT2D eigenvalue weighted by Gasteiger charge is 2.21. The molecular formula is C15H25N3O2. The number of β-amino-alcohol motifs (C(OH)–C–C–N with tert-alkyl or cyclic N) is 1. The van der Waals surface area contributed by atoms with Crippen LogP contribution in [-0.2, 0) is 4.79 Å². The van der Waals surface area contributed by atoms with Crippen LogP contribution >= 0.6 is 0 Å². The van der Waals surface area contributed by atoms with Crippen LogP contribution in [0.2, 0.25) is 0 Å². The summed E-state index contributed by atoms with van der Waals surface area (Å²) in [7, 11) is 0. The molecule has 2 rings (SSSR count). The fourth-order valence-electron chi connectivity index (χ4n) is 2.12. The molecule has 5 nitrogen and oxygen atoms in total. The van der Waals surface area contributed by atoms with Crippen molar-refractivity contribution in [1.29, 1.82) is 0 Å². The summed E-state index contributed by atoms with van der Waals surface area (Å²) in [6.45, 7) is 8.86. The van der Waals surface area contributed by atoms with Gasteiger partial charge in [-0.25, -0.2) is 0 Å². The number of hydrogen-bond acceptors (Lipinski definition) is 4. The van der Waals surface area contributed by atoms with E-state index < -0.39 is 0 Å². The van der Waals surface area contributed by atoms with Gasteiger partial charge < -0.3 is 10.0 Å². The minimum atomic E-state index is 0.126. The molecule has 1 aromatic heterocycles. The highest BCUT2D eigenvalue weighted by molar-refractivity contribution is 5.93. The second-order valence-electron chi connectivity index (χ2n) is 4.52. The van der Waals surface area contributed by atoms with E-state index in [-0.39, 0.29) is 12.5 Å². The molecule has 0 aliphatic carbocycles. The van der Waals surface area contributed by atoms with Crippen molar-refractivity contribution in [2.45, 2.75) is 27.2 Å². The van der Waals surface area contributed by atoms with Crippen LogP contribution in [0.4, 0.5) is 5.69 Å². The Bertz CT molecular complexity index is 406. The topological polar surface area (TPSA) is 56.7 Å².